The lowest BCUT2D eigenvalue weighted by Gasteiger charge is -2.26. The first-order chi connectivity index (χ1) is 18.9. The van der Waals surface area contributed by atoms with Gasteiger partial charge in [-0.05, 0) is 99.8 Å². The van der Waals surface area contributed by atoms with E-state index < -0.39 is 29.7 Å². The Morgan fingerprint density at radius 2 is 1.62 bits per heavy atom. The second-order valence-electron chi connectivity index (χ2n) is 10.9. The summed E-state index contributed by atoms with van der Waals surface area (Å²) in [5.41, 5.74) is 2.89. The highest BCUT2D eigenvalue weighted by atomic mass is 32.2. The molecule has 2 aromatic rings. The number of hydrogen-bond donors (Lipinski definition) is 4. The van der Waals surface area contributed by atoms with Gasteiger partial charge < -0.3 is 25.8 Å². The molecule has 220 valence electrons. The molecule has 0 aliphatic rings. The average molecular weight is 572 g/mol. The number of nitrogens with one attached hydrogen (secondary N) is 3. The zero-order valence-corrected chi connectivity index (χ0v) is 25.5. The zero-order valence-electron chi connectivity index (χ0n) is 24.6. The lowest BCUT2D eigenvalue weighted by molar-refractivity contribution is -0.130. The Kier molecular flexibility index (Phi) is 13.3. The fourth-order valence-corrected chi connectivity index (χ4v) is 5.01. The maximum absolute atomic E-state index is 13.6. The summed E-state index contributed by atoms with van der Waals surface area (Å²) in [6, 6.07) is 11.6. The van der Waals surface area contributed by atoms with Crippen LogP contribution in [-0.4, -0.2) is 58.7 Å². The van der Waals surface area contributed by atoms with Gasteiger partial charge in [-0.1, -0.05) is 37.3 Å². The van der Waals surface area contributed by atoms with Crippen molar-refractivity contribution in [1.82, 2.24) is 16.0 Å². The molecule has 40 heavy (non-hydrogen) atoms. The van der Waals surface area contributed by atoms with Crippen LogP contribution in [0, 0.1) is 13.8 Å². The molecule has 4 N–H and O–H groups in total. The molecule has 3 amide bonds. The van der Waals surface area contributed by atoms with Gasteiger partial charge in [-0.25, -0.2) is 4.79 Å². The Morgan fingerprint density at radius 3 is 2.23 bits per heavy atom. The SMILES string of the molecule is CCSCC[C@@H](NC(=O)C(Cc1c(C)cc(O)cc1C)NC(=O)OC(C)(C)C)C(=O)NCCCc1ccccc1. The number of thioether (sulfide) groups is 1. The molecule has 0 saturated heterocycles. The summed E-state index contributed by atoms with van der Waals surface area (Å²) in [4.78, 5) is 39.4. The molecule has 0 radical (unpaired) electrons. The molecule has 0 bridgehead atoms. The van der Waals surface area contributed by atoms with E-state index in [1.165, 1.54) is 5.56 Å². The highest BCUT2D eigenvalue weighted by molar-refractivity contribution is 7.99. The minimum Gasteiger partial charge on any atom is -0.508 e. The second-order valence-corrected chi connectivity index (χ2v) is 12.3. The van der Waals surface area contributed by atoms with Crippen LogP contribution in [0.1, 0.15) is 62.8 Å². The Morgan fingerprint density at radius 1 is 0.975 bits per heavy atom. The molecule has 2 aromatic carbocycles. The molecule has 1 unspecified atom stereocenters. The number of alkyl carbamates (subject to hydrolysis) is 1. The van der Waals surface area contributed by atoms with Crippen molar-refractivity contribution in [2.24, 2.45) is 0 Å². The van der Waals surface area contributed by atoms with Gasteiger partial charge in [-0.15, -0.1) is 0 Å². The molecule has 0 heterocycles. The molecular formula is C31H45N3O5S. The van der Waals surface area contributed by atoms with Crippen molar-refractivity contribution in [3.05, 3.63) is 64.7 Å². The normalized spacial score (nSPS) is 12.8. The molecule has 0 aliphatic heterocycles. The van der Waals surface area contributed by atoms with Crippen molar-refractivity contribution in [2.45, 2.75) is 84.9 Å². The van der Waals surface area contributed by atoms with Crippen molar-refractivity contribution in [2.75, 3.05) is 18.1 Å². The van der Waals surface area contributed by atoms with Crippen molar-refractivity contribution < 1.29 is 24.2 Å². The average Bonchev–Trinajstić information content (AvgIpc) is 2.86. The molecule has 0 saturated carbocycles. The number of phenolic OH excluding ortho intramolecular Hbond substituents is 1. The van der Waals surface area contributed by atoms with Crippen LogP contribution in [-0.2, 0) is 27.2 Å². The topological polar surface area (TPSA) is 117 Å². The first kappa shape index (κ1) is 33.0. The molecule has 0 spiro atoms. The van der Waals surface area contributed by atoms with E-state index >= 15 is 0 Å². The Hall–Kier alpha value is -3.20. The van der Waals surface area contributed by atoms with Crippen LogP contribution in [0.5, 0.6) is 5.75 Å². The first-order valence-electron chi connectivity index (χ1n) is 13.9. The number of hydrogen-bond acceptors (Lipinski definition) is 6. The van der Waals surface area contributed by atoms with Crippen LogP contribution in [0.25, 0.3) is 0 Å². The van der Waals surface area contributed by atoms with E-state index in [0.29, 0.717) is 18.7 Å². The van der Waals surface area contributed by atoms with E-state index in [1.54, 1.807) is 44.7 Å². The Balaban J connectivity index is 2.15. The minimum absolute atomic E-state index is 0.136. The summed E-state index contributed by atoms with van der Waals surface area (Å²) in [5, 5.41) is 18.5. The van der Waals surface area contributed by atoms with Gasteiger partial charge in [0.25, 0.3) is 0 Å². The number of aryl methyl sites for hydroxylation is 3. The number of phenols is 1. The summed E-state index contributed by atoms with van der Waals surface area (Å²) in [6.07, 6.45) is 1.55. The monoisotopic (exact) mass is 571 g/mol. The smallest absolute Gasteiger partial charge is 0.408 e. The minimum atomic E-state index is -0.982. The maximum atomic E-state index is 13.6. The van der Waals surface area contributed by atoms with Crippen LogP contribution < -0.4 is 16.0 Å². The van der Waals surface area contributed by atoms with Crippen molar-refractivity contribution in [3.63, 3.8) is 0 Å². The third kappa shape index (κ3) is 11.9. The molecular weight excluding hydrogens is 526 g/mol. The van der Waals surface area contributed by atoms with Gasteiger partial charge in [0.05, 0.1) is 0 Å². The predicted molar refractivity (Wildman–Crippen MR) is 162 cm³/mol. The summed E-state index contributed by atoms with van der Waals surface area (Å²) < 4.78 is 5.42. The Labute approximate surface area is 243 Å². The third-order valence-corrected chi connectivity index (χ3v) is 7.20. The Bertz CT molecular complexity index is 1090. The standard InChI is InChI=1S/C31H45N3O5S/c1-7-40-17-15-26(28(36)32-16-11-14-23-12-9-8-10-13-23)33-29(37)27(34-30(38)39-31(4,5)6)20-25-21(2)18-24(35)19-22(25)3/h8-10,12-13,18-19,26-27,35H,7,11,14-17,20H2,1-6H3,(H,32,36)(H,33,37)(H,34,38)/t26-,27?/m1/s1. The summed E-state index contributed by atoms with van der Waals surface area (Å²) in [6.45, 7) is 11.5. The second kappa shape index (κ2) is 16.2. The van der Waals surface area contributed by atoms with E-state index in [0.717, 1.165) is 35.3 Å². The van der Waals surface area contributed by atoms with Gasteiger partial charge in [-0.3, -0.25) is 9.59 Å². The summed E-state index contributed by atoms with van der Waals surface area (Å²) >= 11 is 1.70. The quantitative estimate of drug-likeness (QED) is 0.242. The molecule has 0 aromatic heterocycles. The van der Waals surface area contributed by atoms with Crippen molar-refractivity contribution >= 4 is 29.7 Å². The van der Waals surface area contributed by atoms with Gasteiger partial charge in [0, 0.05) is 13.0 Å². The van der Waals surface area contributed by atoms with Gasteiger partial charge >= 0.3 is 6.09 Å². The summed E-state index contributed by atoms with van der Waals surface area (Å²) in [5.74, 6) is 1.04. The van der Waals surface area contributed by atoms with Gasteiger partial charge in [0.15, 0.2) is 0 Å². The van der Waals surface area contributed by atoms with E-state index in [-0.39, 0.29) is 18.1 Å². The zero-order chi connectivity index (χ0) is 29.7. The maximum Gasteiger partial charge on any atom is 0.408 e. The number of carbonyl (C=O) groups is 3. The predicted octanol–water partition coefficient (Wildman–Crippen LogP) is 4.82. The number of rotatable bonds is 14. The fraction of sp³-hybridized carbons (Fsp3) is 0.516. The van der Waals surface area contributed by atoms with E-state index in [4.69, 9.17) is 4.74 Å². The lowest BCUT2D eigenvalue weighted by atomic mass is 9.95. The van der Waals surface area contributed by atoms with Gasteiger partial charge in [-0.2, -0.15) is 11.8 Å². The highest BCUT2D eigenvalue weighted by Gasteiger charge is 2.29. The molecule has 2 rings (SSSR count). The largest absolute Gasteiger partial charge is 0.508 e. The van der Waals surface area contributed by atoms with Crippen LogP contribution in [0.4, 0.5) is 4.79 Å². The molecule has 0 aliphatic carbocycles. The van der Waals surface area contributed by atoms with Gasteiger partial charge in [0.2, 0.25) is 11.8 Å². The van der Waals surface area contributed by atoms with Crippen molar-refractivity contribution in [3.8, 4) is 5.75 Å². The molecule has 9 heteroatoms. The number of ether oxygens (including phenoxy) is 1. The number of carbonyl (C=O) groups excluding carboxylic acids is 3. The number of amides is 3. The van der Waals surface area contributed by atoms with Crippen molar-refractivity contribution in [1.29, 1.82) is 0 Å². The van der Waals surface area contributed by atoms with E-state index in [1.807, 2.05) is 39.0 Å². The summed E-state index contributed by atoms with van der Waals surface area (Å²) in [7, 11) is 0. The number of aromatic hydroxyl groups is 1. The molecule has 8 nitrogen and oxygen atoms in total. The third-order valence-electron chi connectivity index (χ3n) is 6.27. The molecule has 2 atom stereocenters. The number of benzene rings is 2. The molecule has 0 fully saturated rings. The van der Waals surface area contributed by atoms with Crippen LogP contribution in [0.3, 0.4) is 0 Å². The van der Waals surface area contributed by atoms with Crippen LogP contribution >= 0.6 is 11.8 Å². The first-order valence-corrected chi connectivity index (χ1v) is 15.0. The van der Waals surface area contributed by atoms with Crippen LogP contribution in [0.2, 0.25) is 0 Å². The van der Waals surface area contributed by atoms with E-state index in [2.05, 4.69) is 28.1 Å². The fourth-order valence-electron chi connectivity index (χ4n) is 4.31. The van der Waals surface area contributed by atoms with Gasteiger partial charge in [0.1, 0.15) is 23.4 Å². The lowest BCUT2D eigenvalue weighted by Crippen LogP contribution is -2.55. The van der Waals surface area contributed by atoms with E-state index in [9.17, 15) is 19.5 Å². The van der Waals surface area contributed by atoms with Crippen LogP contribution in [0.15, 0.2) is 42.5 Å². The highest BCUT2D eigenvalue weighted by Crippen LogP contribution is 2.22.